The quantitative estimate of drug-likeness (QED) is 0.741. The smallest absolute Gasteiger partial charge is 0.0513 e. The Bertz CT molecular complexity index is 615. The van der Waals surface area contributed by atoms with Gasteiger partial charge in [-0.05, 0) is 61.6 Å². The normalized spacial score (nSPS) is 21.1. The van der Waals surface area contributed by atoms with Gasteiger partial charge in [-0.15, -0.1) is 0 Å². The minimum Gasteiger partial charge on any atom is -0.257 e. The highest BCUT2D eigenvalue weighted by molar-refractivity contribution is 5.40. The van der Waals surface area contributed by atoms with E-state index >= 15 is 0 Å². The van der Waals surface area contributed by atoms with E-state index < -0.39 is 0 Å². The van der Waals surface area contributed by atoms with E-state index in [1.165, 1.54) is 73.0 Å². The summed E-state index contributed by atoms with van der Waals surface area (Å²) in [5.41, 5.74) is 7.26. The van der Waals surface area contributed by atoms with Crippen LogP contribution in [0.1, 0.15) is 59.7 Å². The second kappa shape index (κ2) is 5.05. The molecular formula is C19H21N. The molecule has 4 rings (SSSR count). The van der Waals surface area contributed by atoms with Crippen LogP contribution in [0.15, 0.2) is 36.4 Å². The highest BCUT2D eigenvalue weighted by Gasteiger charge is 2.25. The summed E-state index contributed by atoms with van der Waals surface area (Å²) in [4.78, 5) is 5.11. The Kier molecular flexibility index (Phi) is 3.06. The number of pyridine rings is 1. The maximum absolute atomic E-state index is 5.11. The van der Waals surface area contributed by atoms with Crippen molar-refractivity contribution in [3.63, 3.8) is 0 Å². The van der Waals surface area contributed by atoms with Gasteiger partial charge in [0.25, 0.3) is 0 Å². The van der Waals surface area contributed by atoms with Crippen LogP contribution in [0.25, 0.3) is 0 Å². The van der Waals surface area contributed by atoms with Crippen molar-refractivity contribution >= 4 is 0 Å². The number of rotatable bonds is 1. The highest BCUT2D eigenvalue weighted by Crippen LogP contribution is 2.37. The molecule has 20 heavy (non-hydrogen) atoms. The summed E-state index contributed by atoms with van der Waals surface area (Å²) in [5.74, 6) is 0.521. The van der Waals surface area contributed by atoms with Gasteiger partial charge < -0.3 is 0 Å². The lowest BCUT2D eigenvalue weighted by atomic mass is 9.80. The van der Waals surface area contributed by atoms with E-state index in [-0.39, 0.29) is 0 Å². The molecule has 0 amide bonds. The summed E-state index contributed by atoms with van der Waals surface area (Å²) in [5, 5.41) is 0. The zero-order valence-electron chi connectivity index (χ0n) is 11.9. The largest absolute Gasteiger partial charge is 0.257 e. The third kappa shape index (κ3) is 2.06. The molecule has 1 nitrogen and oxygen atoms in total. The third-order valence-electron chi connectivity index (χ3n) is 4.88. The second-order valence-electron chi connectivity index (χ2n) is 6.20. The van der Waals surface area contributed by atoms with Crippen molar-refractivity contribution in [1.82, 2.24) is 4.98 Å². The van der Waals surface area contributed by atoms with Gasteiger partial charge in [0.05, 0.1) is 5.69 Å². The Morgan fingerprint density at radius 1 is 0.850 bits per heavy atom. The highest BCUT2D eigenvalue weighted by atomic mass is 14.7. The molecule has 0 fully saturated rings. The molecule has 1 atom stereocenters. The Hall–Kier alpha value is -1.63. The van der Waals surface area contributed by atoms with Crippen LogP contribution < -0.4 is 0 Å². The Morgan fingerprint density at radius 2 is 1.65 bits per heavy atom. The molecule has 0 spiro atoms. The average molecular weight is 263 g/mol. The number of aromatic nitrogens is 1. The fraction of sp³-hybridized carbons (Fsp3) is 0.421. The number of fused-ring (bicyclic) bond motifs is 2. The summed E-state index contributed by atoms with van der Waals surface area (Å²) in [6, 6.07) is 13.4. The first-order chi connectivity index (χ1) is 9.92. The van der Waals surface area contributed by atoms with E-state index in [1.54, 1.807) is 0 Å². The van der Waals surface area contributed by atoms with Gasteiger partial charge in [-0.1, -0.05) is 36.4 Å². The summed E-state index contributed by atoms with van der Waals surface area (Å²) >= 11 is 0. The SMILES string of the molecule is c1ccc(C2CCCc3cc4c(nc32)CCCC4)cc1. The molecule has 0 radical (unpaired) electrons. The first-order valence-corrected chi connectivity index (χ1v) is 7.98. The summed E-state index contributed by atoms with van der Waals surface area (Å²) in [6.45, 7) is 0. The molecule has 0 N–H and O–H groups in total. The Morgan fingerprint density at radius 3 is 2.55 bits per heavy atom. The molecule has 1 heterocycles. The van der Waals surface area contributed by atoms with Crippen molar-refractivity contribution in [2.24, 2.45) is 0 Å². The summed E-state index contributed by atoms with van der Waals surface area (Å²) in [7, 11) is 0. The lowest BCUT2D eigenvalue weighted by molar-refractivity contribution is 0.581. The van der Waals surface area contributed by atoms with E-state index in [0.29, 0.717) is 5.92 Å². The van der Waals surface area contributed by atoms with Crippen LogP contribution >= 0.6 is 0 Å². The molecule has 2 aliphatic rings. The van der Waals surface area contributed by atoms with Gasteiger partial charge in [-0.25, -0.2) is 0 Å². The van der Waals surface area contributed by atoms with Crippen LogP contribution in [0, 0.1) is 0 Å². The number of aryl methyl sites for hydroxylation is 3. The standard InChI is InChI=1S/C19H21N/c1-2-7-14(8-3-1)17-11-6-10-16-13-15-9-4-5-12-18(15)20-19(16)17/h1-3,7-8,13,17H,4-6,9-12H2. The molecule has 0 bridgehead atoms. The zero-order chi connectivity index (χ0) is 13.4. The molecule has 0 saturated carbocycles. The first-order valence-electron chi connectivity index (χ1n) is 7.98. The molecule has 2 aromatic rings. The molecule has 1 heteroatoms. The molecule has 2 aliphatic carbocycles. The van der Waals surface area contributed by atoms with Crippen LogP contribution in [0.4, 0.5) is 0 Å². The summed E-state index contributed by atoms with van der Waals surface area (Å²) < 4.78 is 0. The van der Waals surface area contributed by atoms with Crippen molar-refractivity contribution in [2.45, 2.75) is 50.9 Å². The number of benzene rings is 1. The van der Waals surface area contributed by atoms with E-state index in [9.17, 15) is 0 Å². The van der Waals surface area contributed by atoms with Crippen molar-refractivity contribution in [1.29, 1.82) is 0 Å². The van der Waals surface area contributed by atoms with Gasteiger partial charge in [-0.3, -0.25) is 4.98 Å². The molecule has 1 aromatic heterocycles. The molecule has 102 valence electrons. The topological polar surface area (TPSA) is 12.9 Å². The fourth-order valence-electron chi connectivity index (χ4n) is 3.84. The van der Waals surface area contributed by atoms with Gasteiger partial charge in [0.2, 0.25) is 0 Å². The van der Waals surface area contributed by atoms with Gasteiger partial charge in [0.1, 0.15) is 0 Å². The molecule has 1 unspecified atom stereocenters. The zero-order valence-corrected chi connectivity index (χ0v) is 11.9. The predicted octanol–water partition coefficient (Wildman–Crippen LogP) is 4.43. The number of hydrogen-bond donors (Lipinski definition) is 0. The minimum atomic E-state index is 0.521. The lowest BCUT2D eigenvalue weighted by Crippen LogP contribution is -2.17. The Balaban J connectivity index is 1.80. The van der Waals surface area contributed by atoms with E-state index in [2.05, 4.69) is 36.4 Å². The average Bonchev–Trinajstić information content (AvgIpc) is 2.53. The second-order valence-corrected chi connectivity index (χ2v) is 6.20. The van der Waals surface area contributed by atoms with E-state index in [0.717, 1.165) is 0 Å². The van der Waals surface area contributed by atoms with Crippen LogP contribution in [0.2, 0.25) is 0 Å². The van der Waals surface area contributed by atoms with Crippen molar-refractivity contribution in [3.8, 4) is 0 Å². The maximum Gasteiger partial charge on any atom is 0.0513 e. The van der Waals surface area contributed by atoms with Crippen molar-refractivity contribution in [2.75, 3.05) is 0 Å². The van der Waals surface area contributed by atoms with Crippen LogP contribution in [0.5, 0.6) is 0 Å². The first kappa shape index (κ1) is 12.1. The summed E-state index contributed by atoms with van der Waals surface area (Å²) in [6.07, 6.45) is 8.86. The maximum atomic E-state index is 5.11. The van der Waals surface area contributed by atoms with Crippen LogP contribution in [-0.2, 0) is 19.3 Å². The predicted molar refractivity (Wildman–Crippen MR) is 82.1 cm³/mol. The molecular weight excluding hydrogens is 242 g/mol. The molecule has 1 aromatic carbocycles. The molecule has 0 saturated heterocycles. The van der Waals surface area contributed by atoms with E-state index in [4.69, 9.17) is 4.98 Å². The van der Waals surface area contributed by atoms with Gasteiger partial charge in [0, 0.05) is 11.6 Å². The van der Waals surface area contributed by atoms with Gasteiger partial charge >= 0.3 is 0 Å². The third-order valence-corrected chi connectivity index (χ3v) is 4.88. The minimum absolute atomic E-state index is 0.521. The Labute approximate surface area is 121 Å². The molecule has 0 aliphatic heterocycles. The number of hydrogen-bond acceptors (Lipinski definition) is 1. The van der Waals surface area contributed by atoms with Gasteiger partial charge in [0.15, 0.2) is 0 Å². The van der Waals surface area contributed by atoms with E-state index in [1.807, 2.05) is 0 Å². The van der Waals surface area contributed by atoms with Crippen LogP contribution in [0.3, 0.4) is 0 Å². The number of nitrogens with zero attached hydrogens (tertiary/aromatic N) is 1. The van der Waals surface area contributed by atoms with Crippen molar-refractivity contribution < 1.29 is 0 Å². The fourth-order valence-corrected chi connectivity index (χ4v) is 3.84. The van der Waals surface area contributed by atoms with Gasteiger partial charge in [-0.2, -0.15) is 0 Å². The monoisotopic (exact) mass is 263 g/mol. The van der Waals surface area contributed by atoms with Crippen molar-refractivity contribution in [3.05, 3.63) is 64.5 Å². The lowest BCUT2D eigenvalue weighted by Gasteiger charge is -2.28. The van der Waals surface area contributed by atoms with Crippen LogP contribution in [-0.4, -0.2) is 4.98 Å².